The van der Waals surface area contributed by atoms with Crippen molar-refractivity contribution >= 4 is 11.7 Å². The van der Waals surface area contributed by atoms with Gasteiger partial charge < -0.3 is 9.73 Å². The highest BCUT2D eigenvalue weighted by Gasteiger charge is 2.35. The van der Waals surface area contributed by atoms with Gasteiger partial charge in [-0.25, -0.2) is 4.39 Å². The van der Waals surface area contributed by atoms with E-state index in [9.17, 15) is 27.2 Å². The van der Waals surface area contributed by atoms with Crippen LogP contribution in [0.15, 0.2) is 41.0 Å². The summed E-state index contributed by atoms with van der Waals surface area (Å²) in [6.45, 7) is -0.541. The zero-order chi connectivity index (χ0) is 16.3. The largest absolute Gasteiger partial charge is 0.461 e. The Labute approximate surface area is 121 Å². The number of amides is 1. The minimum atomic E-state index is -4.89. The van der Waals surface area contributed by atoms with Crippen LogP contribution in [0.4, 0.5) is 17.6 Å². The van der Waals surface area contributed by atoms with E-state index in [4.69, 9.17) is 4.42 Å². The lowest BCUT2D eigenvalue weighted by Crippen LogP contribution is -2.31. The Morgan fingerprint density at radius 3 is 2.50 bits per heavy atom. The fourth-order valence-corrected chi connectivity index (χ4v) is 1.73. The third kappa shape index (κ3) is 3.51. The van der Waals surface area contributed by atoms with E-state index in [2.05, 4.69) is 0 Å². The topological polar surface area (TPSA) is 59.3 Å². The van der Waals surface area contributed by atoms with Crippen LogP contribution in [0.5, 0.6) is 0 Å². The molecule has 4 nitrogen and oxygen atoms in total. The summed E-state index contributed by atoms with van der Waals surface area (Å²) in [5, 5.41) is 2.05. The predicted octanol–water partition coefficient (Wildman–Crippen LogP) is 3.05. The fraction of sp³-hybridized carbons (Fsp3) is 0.143. The second-order valence-corrected chi connectivity index (χ2v) is 4.27. The highest BCUT2D eigenvalue weighted by atomic mass is 19.4. The average Bonchev–Trinajstić information content (AvgIpc) is 2.97. The number of alkyl halides is 3. The minimum absolute atomic E-state index is 0.0320. The second kappa shape index (κ2) is 6.00. The molecule has 0 aliphatic carbocycles. The lowest BCUT2D eigenvalue weighted by atomic mass is 10.1. The summed E-state index contributed by atoms with van der Waals surface area (Å²) >= 11 is 0. The van der Waals surface area contributed by atoms with Crippen molar-refractivity contribution in [1.82, 2.24) is 5.32 Å². The standard InChI is InChI=1S/C14H9F4NO3/c15-8-3-4-9(10(6-8)14(16,17)18)13(21)19-7-11(20)12-2-1-5-22-12/h1-6H,7H2,(H,19,21). The molecule has 1 aromatic carbocycles. The van der Waals surface area contributed by atoms with Gasteiger partial charge in [0.25, 0.3) is 5.91 Å². The zero-order valence-electron chi connectivity index (χ0n) is 10.9. The summed E-state index contributed by atoms with van der Waals surface area (Å²) in [6, 6.07) is 4.48. The molecule has 0 spiro atoms. The van der Waals surface area contributed by atoms with Gasteiger partial charge in [0.05, 0.1) is 23.9 Å². The Morgan fingerprint density at radius 1 is 1.18 bits per heavy atom. The first-order valence-corrected chi connectivity index (χ1v) is 6.00. The molecule has 0 unspecified atom stereocenters. The average molecular weight is 315 g/mol. The number of benzene rings is 1. The predicted molar refractivity (Wildman–Crippen MR) is 66.8 cm³/mol. The van der Waals surface area contributed by atoms with Crippen molar-refractivity contribution in [1.29, 1.82) is 0 Å². The summed E-state index contributed by atoms with van der Waals surface area (Å²) in [5.41, 5.74) is -2.17. The molecule has 0 aliphatic heterocycles. The van der Waals surface area contributed by atoms with Gasteiger partial charge in [0.1, 0.15) is 5.82 Å². The maximum atomic E-state index is 12.9. The van der Waals surface area contributed by atoms with Gasteiger partial charge in [-0.1, -0.05) is 0 Å². The van der Waals surface area contributed by atoms with Crippen LogP contribution >= 0.6 is 0 Å². The second-order valence-electron chi connectivity index (χ2n) is 4.27. The van der Waals surface area contributed by atoms with Gasteiger partial charge in [-0.3, -0.25) is 9.59 Å². The highest BCUT2D eigenvalue weighted by molar-refractivity contribution is 6.01. The van der Waals surface area contributed by atoms with E-state index in [-0.39, 0.29) is 11.8 Å². The Kier molecular flexibility index (Phi) is 4.30. The number of ketones is 1. The van der Waals surface area contributed by atoms with E-state index in [1.54, 1.807) is 0 Å². The summed E-state index contributed by atoms with van der Waals surface area (Å²) in [4.78, 5) is 23.4. The number of rotatable bonds is 4. The number of nitrogens with one attached hydrogen (secondary N) is 1. The molecule has 116 valence electrons. The number of furan rings is 1. The first-order chi connectivity index (χ1) is 10.3. The van der Waals surface area contributed by atoms with E-state index in [1.165, 1.54) is 18.4 Å². The normalized spacial score (nSPS) is 11.3. The highest BCUT2D eigenvalue weighted by Crippen LogP contribution is 2.32. The van der Waals surface area contributed by atoms with Crippen LogP contribution in [0.1, 0.15) is 26.5 Å². The van der Waals surface area contributed by atoms with E-state index < -0.39 is 41.4 Å². The smallest absolute Gasteiger partial charge is 0.417 e. The van der Waals surface area contributed by atoms with E-state index in [0.717, 1.165) is 6.07 Å². The number of halogens is 4. The van der Waals surface area contributed by atoms with E-state index in [0.29, 0.717) is 6.07 Å². The van der Waals surface area contributed by atoms with Crippen LogP contribution in [-0.4, -0.2) is 18.2 Å². The van der Waals surface area contributed by atoms with Gasteiger partial charge in [0.2, 0.25) is 5.78 Å². The molecule has 22 heavy (non-hydrogen) atoms. The molecule has 0 radical (unpaired) electrons. The van der Waals surface area contributed by atoms with Gasteiger partial charge >= 0.3 is 6.18 Å². The first-order valence-electron chi connectivity index (χ1n) is 6.00. The molecule has 0 saturated heterocycles. The van der Waals surface area contributed by atoms with Crippen molar-refractivity contribution in [3.8, 4) is 0 Å². The maximum absolute atomic E-state index is 12.9. The van der Waals surface area contributed by atoms with Crippen LogP contribution in [0.25, 0.3) is 0 Å². The molecule has 1 N–H and O–H groups in total. The van der Waals surface area contributed by atoms with Crippen molar-refractivity contribution in [3.63, 3.8) is 0 Å². The number of hydrogen-bond acceptors (Lipinski definition) is 3. The molecular formula is C14H9F4NO3. The van der Waals surface area contributed by atoms with E-state index >= 15 is 0 Å². The van der Waals surface area contributed by atoms with Gasteiger partial charge in [-0.15, -0.1) is 0 Å². The molecule has 2 rings (SSSR count). The summed E-state index contributed by atoms with van der Waals surface area (Å²) < 4.78 is 56.1. The quantitative estimate of drug-likeness (QED) is 0.697. The third-order valence-corrected chi connectivity index (χ3v) is 2.74. The summed E-state index contributed by atoms with van der Waals surface area (Å²) in [7, 11) is 0. The van der Waals surface area contributed by atoms with Crippen molar-refractivity contribution in [2.45, 2.75) is 6.18 Å². The number of hydrogen-bond donors (Lipinski definition) is 1. The minimum Gasteiger partial charge on any atom is -0.461 e. The molecule has 0 bridgehead atoms. The molecule has 1 amide bonds. The zero-order valence-corrected chi connectivity index (χ0v) is 10.9. The lowest BCUT2D eigenvalue weighted by molar-refractivity contribution is -0.138. The number of carbonyl (C=O) groups excluding carboxylic acids is 2. The van der Waals surface area contributed by atoms with Crippen LogP contribution in [0, 0.1) is 5.82 Å². The number of Topliss-reactive ketones (excluding diaryl/α,β-unsaturated/α-hetero) is 1. The van der Waals surface area contributed by atoms with Gasteiger partial charge in [-0.05, 0) is 30.3 Å². The first kappa shape index (κ1) is 15.7. The number of carbonyl (C=O) groups is 2. The molecule has 0 fully saturated rings. The van der Waals surface area contributed by atoms with Crippen molar-refractivity contribution in [3.05, 3.63) is 59.3 Å². The van der Waals surface area contributed by atoms with Gasteiger partial charge in [0, 0.05) is 0 Å². The van der Waals surface area contributed by atoms with Crippen molar-refractivity contribution in [2.24, 2.45) is 0 Å². The van der Waals surface area contributed by atoms with Crippen LogP contribution < -0.4 is 5.32 Å². The lowest BCUT2D eigenvalue weighted by Gasteiger charge is -2.12. The molecule has 0 atom stereocenters. The Morgan fingerprint density at radius 2 is 1.91 bits per heavy atom. The fourth-order valence-electron chi connectivity index (χ4n) is 1.73. The monoisotopic (exact) mass is 315 g/mol. The molecule has 2 aromatic rings. The van der Waals surface area contributed by atoms with Crippen LogP contribution in [0.2, 0.25) is 0 Å². The molecule has 0 aliphatic rings. The summed E-state index contributed by atoms with van der Waals surface area (Å²) in [6.07, 6.45) is -3.64. The van der Waals surface area contributed by atoms with Gasteiger partial charge in [0.15, 0.2) is 5.76 Å². The molecule has 1 aromatic heterocycles. The SMILES string of the molecule is O=C(CNC(=O)c1ccc(F)cc1C(F)(F)F)c1ccco1. The van der Waals surface area contributed by atoms with Crippen LogP contribution in [0.3, 0.4) is 0 Å². The van der Waals surface area contributed by atoms with Gasteiger partial charge in [-0.2, -0.15) is 13.2 Å². The molecule has 8 heteroatoms. The third-order valence-electron chi connectivity index (χ3n) is 2.74. The summed E-state index contributed by atoms with van der Waals surface area (Å²) in [5.74, 6) is -2.88. The molecular weight excluding hydrogens is 306 g/mol. The molecule has 0 saturated carbocycles. The van der Waals surface area contributed by atoms with Crippen molar-refractivity contribution < 1.29 is 31.6 Å². The molecule has 1 heterocycles. The Balaban J connectivity index is 2.15. The Hall–Kier alpha value is -2.64. The maximum Gasteiger partial charge on any atom is 0.417 e. The van der Waals surface area contributed by atoms with E-state index in [1.807, 2.05) is 5.32 Å². The van der Waals surface area contributed by atoms with Crippen molar-refractivity contribution in [2.75, 3.05) is 6.54 Å². The Bertz CT molecular complexity index is 693. The van der Waals surface area contributed by atoms with Crippen LogP contribution in [-0.2, 0) is 6.18 Å².